The summed E-state index contributed by atoms with van der Waals surface area (Å²) < 4.78 is 5.27. The topological polar surface area (TPSA) is 45.7 Å². The Bertz CT molecular complexity index is 486. The average Bonchev–Trinajstić information content (AvgIpc) is 2.42. The molecule has 0 saturated carbocycles. The number of benzene rings is 1. The maximum Gasteiger partial charge on any atom is 0.192 e. The van der Waals surface area contributed by atoms with Crippen LogP contribution in [0, 0.1) is 12.3 Å². The van der Waals surface area contributed by atoms with Gasteiger partial charge in [0.05, 0.1) is 20.2 Å². The predicted molar refractivity (Wildman–Crippen MR) is 95.1 cm³/mol. The van der Waals surface area contributed by atoms with Crippen molar-refractivity contribution in [3.8, 4) is 18.1 Å². The van der Waals surface area contributed by atoms with Crippen molar-refractivity contribution in [1.82, 2.24) is 10.6 Å². The number of rotatable bonds is 5. The molecule has 1 rings (SSSR count). The summed E-state index contributed by atoms with van der Waals surface area (Å²) in [5, 5.41) is 6.78. The highest BCUT2D eigenvalue weighted by Gasteiger charge is 2.04. The summed E-state index contributed by atoms with van der Waals surface area (Å²) >= 11 is 5.91. The van der Waals surface area contributed by atoms with E-state index in [1.807, 2.05) is 19.1 Å². The fourth-order valence-corrected chi connectivity index (χ4v) is 1.65. The van der Waals surface area contributed by atoms with Crippen LogP contribution in [0.15, 0.2) is 23.2 Å². The molecule has 0 aliphatic rings. The molecule has 1 aromatic rings. The third kappa shape index (κ3) is 6.35. The van der Waals surface area contributed by atoms with Gasteiger partial charge in [-0.25, -0.2) is 4.99 Å². The first-order valence-corrected chi connectivity index (χ1v) is 6.37. The SMILES string of the molecule is C#CCNC(=NCc1ccc(Cl)cc1OC)NCC.I. The lowest BCUT2D eigenvalue weighted by molar-refractivity contribution is 0.410. The van der Waals surface area contributed by atoms with Gasteiger partial charge in [0.1, 0.15) is 5.75 Å². The molecule has 0 radical (unpaired) electrons. The van der Waals surface area contributed by atoms with Gasteiger partial charge in [0.2, 0.25) is 0 Å². The molecule has 0 spiro atoms. The molecular formula is C14H19ClIN3O. The molecule has 1 aromatic carbocycles. The standard InChI is InChI=1S/C14H18ClN3O.HI/c1-4-8-17-14(16-5-2)18-10-11-6-7-12(15)9-13(11)19-3;/h1,6-7,9H,5,8,10H2,2-3H3,(H2,16,17,18);1H. The molecule has 0 unspecified atom stereocenters. The van der Waals surface area contributed by atoms with Crippen LogP contribution in [0.1, 0.15) is 12.5 Å². The Kier molecular flexibility index (Phi) is 10.0. The van der Waals surface area contributed by atoms with E-state index >= 15 is 0 Å². The van der Waals surface area contributed by atoms with E-state index in [-0.39, 0.29) is 24.0 Å². The second-order valence-corrected chi connectivity index (χ2v) is 4.15. The van der Waals surface area contributed by atoms with E-state index in [2.05, 4.69) is 21.5 Å². The second-order valence-electron chi connectivity index (χ2n) is 3.71. The normalized spacial score (nSPS) is 10.2. The summed E-state index contributed by atoms with van der Waals surface area (Å²) in [5.74, 6) is 3.91. The molecule has 0 atom stereocenters. The Morgan fingerprint density at radius 3 is 2.80 bits per heavy atom. The van der Waals surface area contributed by atoms with Gasteiger partial charge in [-0.05, 0) is 19.1 Å². The number of guanidine groups is 1. The smallest absolute Gasteiger partial charge is 0.192 e. The van der Waals surface area contributed by atoms with Crippen LogP contribution in [0.25, 0.3) is 0 Å². The number of terminal acetylenes is 1. The minimum Gasteiger partial charge on any atom is -0.496 e. The van der Waals surface area contributed by atoms with Gasteiger partial charge < -0.3 is 15.4 Å². The molecule has 0 fully saturated rings. The monoisotopic (exact) mass is 407 g/mol. The molecule has 0 amide bonds. The highest BCUT2D eigenvalue weighted by atomic mass is 127. The molecule has 0 aliphatic heterocycles. The molecule has 0 bridgehead atoms. The number of hydrogen-bond acceptors (Lipinski definition) is 2. The van der Waals surface area contributed by atoms with Crippen molar-refractivity contribution in [1.29, 1.82) is 0 Å². The summed E-state index contributed by atoms with van der Waals surface area (Å²) in [6.07, 6.45) is 5.21. The largest absolute Gasteiger partial charge is 0.496 e. The Morgan fingerprint density at radius 2 is 2.20 bits per heavy atom. The van der Waals surface area contributed by atoms with Gasteiger partial charge in [-0.15, -0.1) is 30.4 Å². The minimum atomic E-state index is 0. The van der Waals surface area contributed by atoms with Gasteiger partial charge in [0.25, 0.3) is 0 Å². The molecule has 0 heterocycles. The van der Waals surface area contributed by atoms with E-state index in [1.165, 1.54) is 0 Å². The molecule has 4 nitrogen and oxygen atoms in total. The van der Waals surface area contributed by atoms with Gasteiger partial charge in [0.15, 0.2) is 5.96 Å². The molecule has 0 aliphatic carbocycles. The Morgan fingerprint density at radius 1 is 1.45 bits per heavy atom. The number of halogens is 2. The van der Waals surface area contributed by atoms with Crippen LogP contribution in [0.3, 0.4) is 0 Å². The summed E-state index contributed by atoms with van der Waals surface area (Å²) in [4.78, 5) is 4.44. The zero-order valence-electron chi connectivity index (χ0n) is 11.6. The van der Waals surface area contributed by atoms with Gasteiger partial charge in [-0.1, -0.05) is 23.6 Å². The fraction of sp³-hybridized carbons (Fsp3) is 0.357. The Balaban J connectivity index is 0.00000361. The minimum absolute atomic E-state index is 0. The summed E-state index contributed by atoms with van der Waals surface area (Å²) in [6, 6.07) is 5.49. The average molecular weight is 408 g/mol. The van der Waals surface area contributed by atoms with Gasteiger partial charge in [-0.2, -0.15) is 0 Å². The zero-order chi connectivity index (χ0) is 14.1. The number of methoxy groups -OCH3 is 1. The summed E-state index contributed by atoms with van der Waals surface area (Å²) in [5.41, 5.74) is 0.963. The van der Waals surface area contributed by atoms with E-state index in [0.717, 1.165) is 17.9 Å². The third-order valence-electron chi connectivity index (χ3n) is 2.36. The third-order valence-corrected chi connectivity index (χ3v) is 2.59. The molecule has 0 saturated heterocycles. The van der Waals surface area contributed by atoms with Crippen molar-refractivity contribution in [2.45, 2.75) is 13.5 Å². The van der Waals surface area contributed by atoms with Gasteiger partial charge in [-0.3, -0.25) is 0 Å². The van der Waals surface area contributed by atoms with Crippen molar-refractivity contribution in [2.75, 3.05) is 20.2 Å². The summed E-state index contributed by atoms with van der Waals surface area (Å²) in [7, 11) is 1.61. The number of nitrogens with one attached hydrogen (secondary N) is 2. The molecule has 110 valence electrons. The van der Waals surface area contributed by atoms with Crippen molar-refractivity contribution < 1.29 is 4.74 Å². The number of nitrogens with zero attached hydrogens (tertiary/aromatic N) is 1. The highest BCUT2D eigenvalue weighted by molar-refractivity contribution is 14.0. The molecule has 2 N–H and O–H groups in total. The van der Waals surface area contributed by atoms with Crippen molar-refractivity contribution in [2.24, 2.45) is 4.99 Å². The second kappa shape index (κ2) is 10.6. The van der Waals surface area contributed by atoms with Crippen molar-refractivity contribution >= 4 is 41.5 Å². The summed E-state index contributed by atoms with van der Waals surface area (Å²) in [6.45, 7) is 3.69. The zero-order valence-corrected chi connectivity index (χ0v) is 14.7. The number of hydrogen-bond donors (Lipinski definition) is 2. The van der Waals surface area contributed by atoms with E-state index in [1.54, 1.807) is 13.2 Å². The Labute approximate surface area is 142 Å². The van der Waals surface area contributed by atoms with E-state index < -0.39 is 0 Å². The maximum absolute atomic E-state index is 5.91. The molecule has 20 heavy (non-hydrogen) atoms. The van der Waals surface area contributed by atoms with Crippen LogP contribution < -0.4 is 15.4 Å². The van der Waals surface area contributed by atoms with Crippen LogP contribution >= 0.6 is 35.6 Å². The van der Waals surface area contributed by atoms with Crippen LogP contribution in [0.2, 0.25) is 5.02 Å². The van der Waals surface area contributed by atoms with E-state index in [9.17, 15) is 0 Å². The Hall–Kier alpha value is -1.13. The van der Waals surface area contributed by atoms with Crippen LogP contribution in [0.5, 0.6) is 5.75 Å². The van der Waals surface area contributed by atoms with Crippen LogP contribution in [-0.2, 0) is 6.54 Å². The highest BCUT2D eigenvalue weighted by Crippen LogP contribution is 2.23. The van der Waals surface area contributed by atoms with Gasteiger partial charge in [0, 0.05) is 17.1 Å². The van der Waals surface area contributed by atoms with Crippen molar-refractivity contribution in [3.05, 3.63) is 28.8 Å². The lowest BCUT2D eigenvalue weighted by atomic mass is 10.2. The first kappa shape index (κ1) is 18.9. The van der Waals surface area contributed by atoms with Gasteiger partial charge >= 0.3 is 0 Å². The van der Waals surface area contributed by atoms with Crippen LogP contribution in [-0.4, -0.2) is 26.2 Å². The van der Waals surface area contributed by atoms with Crippen LogP contribution in [0.4, 0.5) is 0 Å². The first-order chi connectivity index (χ1) is 9.21. The predicted octanol–water partition coefficient (Wildman–Crippen LogP) is 2.65. The van der Waals surface area contributed by atoms with E-state index in [0.29, 0.717) is 24.1 Å². The molecule has 6 heteroatoms. The quantitative estimate of drug-likeness (QED) is 0.341. The van der Waals surface area contributed by atoms with E-state index in [4.69, 9.17) is 22.8 Å². The first-order valence-electron chi connectivity index (χ1n) is 5.99. The van der Waals surface area contributed by atoms with Crippen molar-refractivity contribution in [3.63, 3.8) is 0 Å². The fourth-order valence-electron chi connectivity index (χ4n) is 1.49. The number of ether oxygens (including phenoxy) is 1. The lowest BCUT2D eigenvalue weighted by Gasteiger charge is -2.10. The lowest BCUT2D eigenvalue weighted by Crippen LogP contribution is -2.37. The maximum atomic E-state index is 5.91. The molecular weight excluding hydrogens is 389 g/mol. The number of aliphatic imine (C=N–C) groups is 1. The molecule has 0 aromatic heterocycles.